The quantitative estimate of drug-likeness (QED) is 0.556. The van der Waals surface area contributed by atoms with Crippen LogP contribution in [-0.2, 0) is 15.3 Å². The van der Waals surface area contributed by atoms with Crippen molar-refractivity contribution in [1.29, 1.82) is 0 Å². The monoisotopic (exact) mass is 418 g/mol. The van der Waals surface area contributed by atoms with Crippen molar-refractivity contribution in [3.05, 3.63) is 57.2 Å². The molecule has 0 unspecified atom stereocenters. The number of aryl methyl sites for hydroxylation is 1. The van der Waals surface area contributed by atoms with E-state index in [1.165, 1.54) is 30.2 Å². The Labute approximate surface area is 169 Å². The molecule has 27 heavy (non-hydrogen) atoms. The number of carbonyl (C=O) groups excluding carboxylic acids is 2. The minimum absolute atomic E-state index is 0.161. The maximum absolute atomic E-state index is 12.7. The number of thiophene rings is 1. The lowest BCUT2D eigenvalue weighted by molar-refractivity contribution is -0.137. The van der Waals surface area contributed by atoms with Gasteiger partial charge in [-0.25, -0.2) is 4.98 Å². The van der Waals surface area contributed by atoms with Crippen LogP contribution in [0.1, 0.15) is 20.9 Å². The van der Waals surface area contributed by atoms with Crippen LogP contribution in [0.25, 0.3) is 10.6 Å². The van der Waals surface area contributed by atoms with Crippen molar-refractivity contribution in [2.45, 2.75) is 12.7 Å². The van der Waals surface area contributed by atoms with Crippen LogP contribution < -0.4 is 5.32 Å². The fourth-order valence-corrected chi connectivity index (χ4v) is 4.83. The van der Waals surface area contributed by atoms with Crippen LogP contribution in [-0.4, -0.2) is 29.7 Å². The van der Waals surface area contributed by atoms with Gasteiger partial charge in [-0.15, -0.1) is 23.1 Å². The first-order valence-corrected chi connectivity index (χ1v) is 11.0. The van der Waals surface area contributed by atoms with Crippen molar-refractivity contribution in [2.75, 3.05) is 18.2 Å². The number of nitrogens with one attached hydrogen (secondary N) is 1. The van der Waals surface area contributed by atoms with Gasteiger partial charge < -0.3 is 10.1 Å². The number of thiazole rings is 1. The highest BCUT2D eigenvalue weighted by molar-refractivity contribution is 7.99. The summed E-state index contributed by atoms with van der Waals surface area (Å²) in [6, 6.07) is 9.62. The number of hydrogen-bond donors (Lipinski definition) is 1. The summed E-state index contributed by atoms with van der Waals surface area (Å²) in [7, 11) is 1.38. The molecular weight excluding hydrogens is 400 g/mol. The Morgan fingerprint density at radius 3 is 2.89 bits per heavy atom. The molecule has 1 amide bonds. The number of benzene rings is 1. The standard InChI is InChI=1S/C19H18N2O3S3/c1-12-17(27-19(20-12)14-6-7-25-10-14)18(23)21-15-5-3-4-13(8-15)9-26-11-16(22)24-2/h3-8,10H,9,11H2,1-2H3,(H,21,23). The predicted octanol–water partition coefficient (Wildman–Crippen LogP) is 4.84. The molecule has 0 aliphatic heterocycles. The summed E-state index contributed by atoms with van der Waals surface area (Å²) in [5.41, 5.74) is 3.52. The van der Waals surface area contributed by atoms with Gasteiger partial charge in [0.1, 0.15) is 9.88 Å². The highest BCUT2D eigenvalue weighted by atomic mass is 32.2. The summed E-state index contributed by atoms with van der Waals surface area (Å²) in [5, 5.41) is 7.81. The second-order valence-corrected chi connectivity index (χ2v) is 8.43. The number of esters is 1. The number of aromatic nitrogens is 1. The van der Waals surface area contributed by atoms with Gasteiger partial charge in [-0.3, -0.25) is 9.59 Å². The Kier molecular flexibility index (Phi) is 6.65. The molecule has 0 saturated carbocycles. The van der Waals surface area contributed by atoms with Crippen molar-refractivity contribution in [3.63, 3.8) is 0 Å². The maximum atomic E-state index is 12.7. The Hall–Kier alpha value is -2.16. The Bertz CT molecular complexity index is 936. The average molecular weight is 419 g/mol. The van der Waals surface area contributed by atoms with Crippen molar-refractivity contribution in [2.24, 2.45) is 0 Å². The highest BCUT2D eigenvalue weighted by Gasteiger charge is 2.16. The maximum Gasteiger partial charge on any atom is 0.315 e. The number of carbonyl (C=O) groups is 2. The van der Waals surface area contributed by atoms with Crippen LogP contribution >= 0.6 is 34.4 Å². The smallest absolute Gasteiger partial charge is 0.315 e. The first-order valence-electron chi connectivity index (χ1n) is 8.11. The normalized spacial score (nSPS) is 10.6. The highest BCUT2D eigenvalue weighted by Crippen LogP contribution is 2.30. The molecule has 0 radical (unpaired) electrons. The van der Waals surface area contributed by atoms with E-state index in [2.05, 4.69) is 15.0 Å². The van der Waals surface area contributed by atoms with E-state index in [1.54, 1.807) is 11.3 Å². The lowest BCUT2D eigenvalue weighted by Crippen LogP contribution is -2.11. The molecule has 5 nitrogen and oxygen atoms in total. The molecule has 2 aromatic heterocycles. The summed E-state index contributed by atoms with van der Waals surface area (Å²) >= 11 is 4.48. The molecule has 0 atom stereocenters. The second-order valence-electron chi connectivity index (χ2n) is 5.67. The van der Waals surface area contributed by atoms with E-state index in [-0.39, 0.29) is 11.9 Å². The molecule has 3 rings (SSSR count). The molecule has 0 aliphatic rings. The number of methoxy groups -OCH3 is 1. The Balaban J connectivity index is 1.66. The van der Waals surface area contributed by atoms with Gasteiger partial charge in [0, 0.05) is 22.4 Å². The number of amides is 1. The third-order valence-corrected chi connectivity index (χ3v) is 6.54. The average Bonchev–Trinajstić information content (AvgIpc) is 3.31. The van der Waals surface area contributed by atoms with Gasteiger partial charge in [0.05, 0.1) is 18.6 Å². The van der Waals surface area contributed by atoms with E-state index in [0.717, 1.165) is 27.5 Å². The van der Waals surface area contributed by atoms with Gasteiger partial charge in [-0.1, -0.05) is 12.1 Å². The van der Waals surface area contributed by atoms with Crippen molar-refractivity contribution >= 4 is 52.0 Å². The van der Waals surface area contributed by atoms with E-state index >= 15 is 0 Å². The predicted molar refractivity (Wildman–Crippen MR) is 113 cm³/mol. The number of anilines is 1. The number of nitrogens with zero attached hydrogens (tertiary/aromatic N) is 1. The van der Waals surface area contributed by atoms with E-state index in [0.29, 0.717) is 16.4 Å². The van der Waals surface area contributed by atoms with E-state index in [4.69, 9.17) is 0 Å². The number of rotatable bonds is 7. The van der Waals surface area contributed by atoms with Gasteiger partial charge in [0.2, 0.25) is 0 Å². The van der Waals surface area contributed by atoms with Gasteiger partial charge in [0.15, 0.2) is 0 Å². The Morgan fingerprint density at radius 1 is 1.30 bits per heavy atom. The first-order chi connectivity index (χ1) is 13.1. The topological polar surface area (TPSA) is 68.3 Å². The van der Waals surface area contributed by atoms with E-state index in [9.17, 15) is 9.59 Å². The molecule has 0 aliphatic carbocycles. The molecular formula is C19H18N2O3S3. The number of ether oxygens (including phenoxy) is 1. The zero-order chi connectivity index (χ0) is 19.2. The molecule has 0 fully saturated rings. The zero-order valence-electron chi connectivity index (χ0n) is 14.9. The summed E-state index contributed by atoms with van der Waals surface area (Å²) in [6.45, 7) is 1.85. The minimum atomic E-state index is -0.244. The van der Waals surface area contributed by atoms with Gasteiger partial charge in [-0.2, -0.15) is 11.3 Å². The molecule has 140 valence electrons. The third-order valence-electron chi connectivity index (χ3n) is 3.67. The van der Waals surface area contributed by atoms with Crippen LogP contribution in [0.4, 0.5) is 5.69 Å². The van der Waals surface area contributed by atoms with Crippen molar-refractivity contribution < 1.29 is 14.3 Å². The zero-order valence-corrected chi connectivity index (χ0v) is 17.3. The van der Waals surface area contributed by atoms with Gasteiger partial charge >= 0.3 is 5.97 Å². The summed E-state index contributed by atoms with van der Waals surface area (Å²) < 4.78 is 4.63. The van der Waals surface area contributed by atoms with Gasteiger partial charge in [-0.05, 0) is 36.1 Å². The molecule has 2 heterocycles. The second kappa shape index (κ2) is 9.16. The van der Waals surface area contributed by atoms with E-state index < -0.39 is 0 Å². The fourth-order valence-electron chi connectivity index (χ4n) is 2.35. The van der Waals surface area contributed by atoms with Crippen LogP contribution in [0.15, 0.2) is 41.1 Å². The largest absolute Gasteiger partial charge is 0.468 e. The van der Waals surface area contributed by atoms with Crippen molar-refractivity contribution in [3.8, 4) is 10.6 Å². The lowest BCUT2D eigenvalue weighted by Gasteiger charge is -2.07. The van der Waals surface area contributed by atoms with Crippen LogP contribution in [0.3, 0.4) is 0 Å². The number of thioether (sulfide) groups is 1. The van der Waals surface area contributed by atoms with Crippen LogP contribution in [0.2, 0.25) is 0 Å². The van der Waals surface area contributed by atoms with Crippen molar-refractivity contribution in [1.82, 2.24) is 4.98 Å². The number of hydrogen-bond acceptors (Lipinski definition) is 7. The lowest BCUT2D eigenvalue weighted by atomic mass is 10.2. The molecule has 1 N–H and O–H groups in total. The molecule has 0 bridgehead atoms. The molecule has 0 saturated heterocycles. The summed E-state index contributed by atoms with van der Waals surface area (Å²) in [4.78, 5) is 29.0. The van der Waals surface area contributed by atoms with E-state index in [1.807, 2.05) is 48.0 Å². The molecule has 8 heteroatoms. The Morgan fingerprint density at radius 2 is 2.15 bits per heavy atom. The van der Waals surface area contributed by atoms with Gasteiger partial charge in [0.25, 0.3) is 5.91 Å². The minimum Gasteiger partial charge on any atom is -0.468 e. The molecule has 0 spiro atoms. The SMILES string of the molecule is COC(=O)CSCc1cccc(NC(=O)c2sc(-c3ccsc3)nc2C)c1. The summed E-state index contributed by atoms with van der Waals surface area (Å²) in [5.74, 6) is 0.566. The third kappa shape index (κ3) is 5.18. The van der Waals surface area contributed by atoms with Crippen LogP contribution in [0.5, 0.6) is 0 Å². The molecule has 3 aromatic rings. The molecule has 1 aromatic carbocycles. The first kappa shape index (κ1) is 19.6. The summed E-state index contributed by atoms with van der Waals surface area (Å²) in [6.07, 6.45) is 0. The fraction of sp³-hybridized carbons (Fsp3) is 0.211. The van der Waals surface area contributed by atoms with Crippen LogP contribution in [0, 0.1) is 6.92 Å².